The Morgan fingerprint density at radius 1 is 1.40 bits per heavy atom. The Morgan fingerprint density at radius 2 is 1.80 bits per heavy atom. The molecule has 0 saturated heterocycles. The van der Waals surface area contributed by atoms with E-state index < -0.39 is 6.09 Å². The third-order valence-corrected chi connectivity index (χ3v) is 1.88. The molecule has 0 aliphatic carbocycles. The van der Waals surface area contributed by atoms with Crippen molar-refractivity contribution in [1.82, 2.24) is 4.90 Å². The van der Waals surface area contributed by atoms with Gasteiger partial charge in [-0.3, -0.25) is 0 Å². The van der Waals surface area contributed by atoms with Gasteiger partial charge in [0.05, 0.1) is 0 Å². The van der Waals surface area contributed by atoms with Gasteiger partial charge < -0.3 is 10.0 Å². The molecular weight excluding hydrogens is 130 g/mol. The zero-order chi connectivity index (χ0) is 8.31. The maximum atomic E-state index is 10.4. The molecule has 0 fully saturated rings. The molecule has 0 aromatic rings. The van der Waals surface area contributed by atoms with Crippen LogP contribution in [0.3, 0.4) is 0 Å². The Hall–Kier alpha value is -0.730. The van der Waals surface area contributed by atoms with E-state index in [1.807, 2.05) is 20.8 Å². The van der Waals surface area contributed by atoms with Crippen LogP contribution >= 0.6 is 0 Å². The maximum Gasteiger partial charge on any atom is 0.407 e. The molecule has 0 aromatic heterocycles. The topological polar surface area (TPSA) is 40.5 Å². The molecular formula is C7H15NO2. The van der Waals surface area contributed by atoms with Crippen molar-refractivity contribution in [2.45, 2.75) is 26.8 Å². The third-order valence-electron chi connectivity index (χ3n) is 1.88. The number of amides is 1. The van der Waals surface area contributed by atoms with Gasteiger partial charge in [0, 0.05) is 13.1 Å². The van der Waals surface area contributed by atoms with Crippen molar-refractivity contribution < 1.29 is 9.90 Å². The number of carbonyl (C=O) groups is 1. The Morgan fingerprint density at radius 3 is 1.90 bits per heavy atom. The number of hydrogen-bond acceptors (Lipinski definition) is 1. The van der Waals surface area contributed by atoms with Crippen molar-refractivity contribution in [3.63, 3.8) is 0 Å². The van der Waals surface area contributed by atoms with E-state index in [2.05, 4.69) is 0 Å². The van der Waals surface area contributed by atoms with Crippen LogP contribution in [-0.4, -0.2) is 29.2 Å². The predicted octanol–water partition coefficient (Wildman–Crippen LogP) is 1.64. The summed E-state index contributed by atoms with van der Waals surface area (Å²) in [7, 11) is 1.59. The van der Waals surface area contributed by atoms with Crippen LogP contribution in [0.5, 0.6) is 0 Å². The Balaban J connectivity index is 3.94. The first-order valence-electron chi connectivity index (χ1n) is 3.42. The number of nitrogens with zero attached hydrogens (tertiary/aromatic N) is 1. The van der Waals surface area contributed by atoms with Crippen LogP contribution in [0.2, 0.25) is 0 Å². The number of hydrogen-bond donors (Lipinski definition) is 1. The monoisotopic (exact) mass is 145 g/mol. The second-order valence-electron chi connectivity index (χ2n) is 2.88. The fourth-order valence-corrected chi connectivity index (χ4v) is 0.621. The summed E-state index contributed by atoms with van der Waals surface area (Å²) in [6.45, 7) is 5.91. The smallest absolute Gasteiger partial charge is 0.407 e. The first-order valence-corrected chi connectivity index (χ1v) is 3.42. The molecule has 0 rings (SSSR count). The first-order chi connectivity index (χ1) is 4.46. The number of carboxylic acid groups (broad SMARTS) is 1. The summed E-state index contributed by atoms with van der Waals surface area (Å²) < 4.78 is 0. The summed E-state index contributed by atoms with van der Waals surface area (Å²) in [5.41, 5.74) is 0. The van der Waals surface area contributed by atoms with Crippen LogP contribution in [0.4, 0.5) is 4.79 Å². The molecule has 0 bridgehead atoms. The summed E-state index contributed by atoms with van der Waals surface area (Å²) >= 11 is 0. The van der Waals surface area contributed by atoms with Gasteiger partial charge in [0.2, 0.25) is 0 Å². The Kier molecular flexibility index (Phi) is 3.19. The lowest BCUT2D eigenvalue weighted by molar-refractivity contribution is 0.130. The van der Waals surface area contributed by atoms with Crippen molar-refractivity contribution in [3.05, 3.63) is 0 Å². The average molecular weight is 145 g/mol. The predicted molar refractivity (Wildman–Crippen MR) is 40.1 cm³/mol. The van der Waals surface area contributed by atoms with Gasteiger partial charge >= 0.3 is 6.09 Å². The van der Waals surface area contributed by atoms with Crippen LogP contribution < -0.4 is 0 Å². The van der Waals surface area contributed by atoms with Gasteiger partial charge in [0.1, 0.15) is 0 Å². The fraction of sp³-hybridized carbons (Fsp3) is 0.857. The molecule has 0 unspecified atom stereocenters. The summed E-state index contributed by atoms with van der Waals surface area (Å²) in [4.78, 5) is 11.7. The van der Waals surface area contributed by atoms with Crippen LogP contribution in [0, 0.1) is 5.92 Å². The molecule has 1 amide bonds. The zero-order valence-corrected chi connectivity index (χ0v) is 6.96. The Labute approximate surface area is 61.6 Å². The summed E-state index contributed by atoms with van der Waals surface area (Å²) in [5, 5.41) is 8.53. The molecule has 0 aromatic carbocycles. The van der Waals surface area contributed by atoms with Gasteiger partial charge in [-0.25, -0.2) is 4.79 Å². The van der Waals surface area contributed by atoms with E-state index in [0.29, 0.717) is 5.92 Å². The van der Waals surface area contributed by atoms with E-state index in [4.69, 9.17) is 5.11 Å². The van der Waals surface area contributed by atoms with Crippen molar-refractivity contribution in [2.24, 2.45) is 5.92 Å². The molecule has 10 heavy (non-hydrogen) atoms. The van der Waals surface area contributed by atoms with Crippen LogP contribution in [-0.2, 0) is 0 Å². The van der Waals surface area contributed by atoms with E-state index in [0.717, 1.165) is 0 Å². The molecule has 60 valence electrons. The van der Waals surface area contributed by atoms with Gasteiger partial charge in [-0.1, -0.05) is 13.8 Å². The van der Waals surface area contributed by atoms with Gasteiger partial charge in [0.25, 0.3) is 0 Å². The molecule has 1 atom stereocenters. The second-order valence-corrected chi connectivity index (χ2v) is 2.88. The lowest BCUT2D eigenvalue weighted by atomic mass is 10.1. The molecule has 3 heteroatoms. The largest absolute Gasteiger partial charge is 0.465 e. The molecule has 3 nitrogen and oxygen atoms in total. The average Bonchev–Trinajstić information content (AvgIpc) is 1.84. The SMILES string of the molecule is CC(C)[C@@H](C)N(C)C(=O)O. The van der Waals surface area contributed by atoms with E-state index in [1.54, 1.807) is 7.05 Å². The highest BCUT2D eigenvalue weighted by Crippen LogP contribution is 2.07. The van der Waals surface area contributed by atoms with Crippen LogP contribution in [0.25, 0.3) is 0 Å². The highest BCUT2D eigenvalue weighted by Gasteiger charge is 2.16. The summed E-state index contributed by atoms with van der Waals surface area (Å²) in [5.74, 6) is 0.376. The maximum absolute atomic E-state index is 10.4. The minimum absolute atomic E-state index is 0.0949. The minimum atomic E-state index is -0.860. The van der Waals surface area contributed by atoms with Crippen LogP contribution in [0.15, 0.2) is 0 Å². The van der Waals surface area contributed by atoms with Crippen LogP contribution in [0.1, 0.15) is 20.8 Å². The van der Waals surface area contributed by atoms with E-state index in [-0.39, 0.29) is 6.04 Å². The number of rotatable bonds is 2. The van der Waals surface area contributed by atoms with Crippen molar-refractivity contribution >= 4 is 6.09 Å². The summed E-state index contributed by atoms with van der Waals surface area (Å²) in [6, 6.07) is 0.0949. The van der Waals surface area contributed by atoms with Crippen molar-refractivity contribution in [2.75, 3.05) is 7.05 Å². The highest BCUT2D eigenvalue weighted by molar-refractivity contribution is 5.64. The molecule has 0 saturated carbocycles. The first kappa shape index (κ1) is 9.27. The second kappa shape index (κ2) is 3.44. The van der Waals surface area contributed by atoms with E-state index in [1.165, 1.54) is 4.90 Å². The molecule has 0 radical (unpaired) electrons. The fourth-order valence-electron chi connectivity index (χ4n) is 0.621. The van der Waals surface area contributed by atoms with Crippen molar-refractivity contribution in [3.8, 4) is 0 Å². The summed E-state index contributed by atoms with van der Waals surface area (Å²) in [6.07, 6.45) is -0.860. The van der Waals surface area contributed by atoms with Gasteiger partial charge in [-0.2, -0.15) is 0 Å². The lowest BCUT2D eigenvalue weighted by Crippen LogP contribution is -2.37. The quantitative estimate of drug-likeness (QED) is 0.641. The minimum Gasteiger partial charge on any atom is -0.465 e. The zero-order valence-electron chi connectivity index (χ0n) is 6.96. The van der Waals surface area contributed by atoms with Gasteiger partial charge in [0.15, 0.2) is 0 Å². The molecule has 0 heterocycles. The molecule has 0 aliphatic rings. The van der Waals surface area contributed by atoms with Crippen molar-refractivity contribution in [1.29, 1.82) is 0 Å². The normalized spacial score (nSPS) is 13.3. The highest BCUT2D eigenvalue weighted by atomic mass is 16.4. The lowest BCUT2D eigenvalue weighted by Gasteiger charge is -2.24. The van der Waals surface area contributed by atoms with Gasteiger partial charge in [-0.05, 0) is 12.8 Å². The van der Waals surface area contributed by atoms with E-state index in [9.17, 15) is 4.79 Å². The Bertz CT molecular complexity index is 123. The molecule has 0 spiro atoms. The standard InChI is InChI=1S/C7H15NO2/c1-5(2)6(3)8(4)7(9)10/h5-6H,1-4H3,(H,9,10)/t6-/m1/s1. The van der Waals surface area contributed by atoms with Gasteiger partial charge in [-0.15, -0.1) is 0 Å². The molecule has 0 aliphatic heterocycles. The van der Waals surface area contributed by atoms with E-state index >= 15 is 0 Å². The molecule has 1 N–H and O–H groups in total. The third kappa shape index (κ3) is 2.25.